The fourth-order valence-electron chi connectivity index (χ4n) is 4.81. The molecule has 4 heterocycles. The fourth-order valence-corrected chi connectivity index (χ4v) is 5.49. The molecule has 2 aromatic heterocycles. The van der Waals surface area contributed by atoms with Crippen LogP contribution in [0.4, 0.5) is 4.39 Å². The molecule has 2 saturated heterocycles. The number of piperidine rings is 1. The Balaban J connectivity index is 1.34. The van der Waals surface area contributed by atoms with E-state index in [2.05, 4.69) is 26.5 Å². The van der Waals surface area contributed by atoms with E-state index < -0.39 is 5.60 Å². The normalized spacial score (nSPS) is 27.4. The average Bonchev–Trinajstić information content (AvgIpc) is 3.39. The minimum absolute atomic E-state index is 0.204. The van der Waals surface area contributed by atoms with Crippen LogP contribution in [0.15, 0.2) is 41.8 Å². The maximum atomic E-state index is 14.3. The van der Waals surface area contributed by atoms with Crippen LogP contribution in [0.2, 0.25) is 0 Å². The minimum atomic E-state index is -1.10. The minimum Gasteiger partial charge on any atom is -0.385 e. The third kappa shape index (κ3) is 3.15. The van der Waals surface area contributed by atoms with E-state index >= 15 is 0 Å². The summed E-state index contributed by atoms with van der Waals surface area (Å²) in [5.74, 6) is 0.513. The first-order chi connectivity index (χ1) is 13.6. The van der Waals surface area contributed by atoms with Crippen LogP contribution in [-0.4, -0.2) is 42.3 Å². The van der Waals surface area contributed by atoms with Gasteiger partial charge in [0.2, 0.25) is 0 Å². The summed E-state index contributed by atoms with van der Waals surface area (Å²) in [5.41, 5.74) is -0.676. The van der Waals surface area contributed by atoms with Gasteiger partial charge in [-0.15, -0.1) is 16.4 Å². The highest BCUT2D eigenvalue weighted by molar-refractivity contribution is 7.09. The zero-order valence-corrected chi connectivity index (χ0v) is 16.2. The molecular formula is C20H22FN5OS. The van der Waals surface area contributed by atoms with E-state index in [1.165, 1.54) is 10.9 Å². The van der Waals surface area contributed by atoms with Gasteiger partial charge in [-0.05, 0) is 53.6 Å². The van der Waals surface area contributed by atoms with Gasteiger partial charge in [0.1, 0.15) is 5.82 Å². The van der Waals surface area contributed by atoms with Gasteiger partial charge in [-0.25, -0.2) is 9.07 Å². The van der Waals surface area contributed by atoms with E-state index in [0.717, 1.165) is 18.7 Å². The van der Waals surface area contributed by atoms with Crippen LogP contribution in [0.1, 0.15) is 41.9 Å². The van der Waals surface area contributed by atoms with Gasteiger partial charge in [0.15, 0.2) is 5.82 Å². The van der Waals surface area contributed by atoms with E-state index in [9.17, 15) is 9.50 Å². The van der Waals surface area contributed by atoms with Crippen molar-refractivity contribution in [1.82, 2.24) is 25.1 Å². The predicted octanol–water partition coefficient (Wildman–Crippen LogP) is 2.94. The van der Waals surface area contributed by atoms with Gasteiger partial charge in [0, 0.05) is 22.5 Å². The summed E-state index contributed by atoms with van der Waals surface area (Å²) in [5, 5.41) is 25.6. The molecule has 2 aliphatic rings. The third-order valence-electron chi connectivity index (χ3n) is 6.11. The maximum Gasteiger partial charge on any atom is 0.165 e. The number of halogens is 1. The van der Waals surface area contributed by atoms with Gasteiger partial charge >= 0.3 is 0 Å². The summed E-state index contributed by atoms with van der Waals surface area (Å²) in [6.45, 7) is 1.32. The summed E-state index contributed by atoms with van der Waals surface area (Å²) >= 11 is 1.69. The molecular weight excluding hydrogens is 377 g/mol. The molecule has 8 heteroatoms. The molecule has 6 nitrogen and oxygen atoms in total. The molecule has 2 aliphatic heterocycles. The number of benzene rings is 1. The van der Waals surface area contributed by atoms with Gasteiger partial charge in [0.05, 0.1) is 18.7 Å². The summed E-state index contributed by atoms with van der Waals surface area (Å²) in [7, 11) is 0. The lowest BCUT2D eigenvalue weighted by Crippen LogP contribution is -2.49. The Morgan fingerprint density at radius 3 is 2.61 bits per heavy atom. The largest absolute Gasteiger partial charge is 0.385 e. The summed E-state index contributed by atoms with van der Waals surface area (Å²) in [4.78, 5) is 3.61. The average molecular weight is 399 g/mol. The number of hydrogen-bond donors (Lipinski definition) is 1. The van der Waals surface area contributed by atoms with Gasteiger partial charge in [-0.3, -0.25) is 4.90 Å². The molecule has 3 atom stereocenters. The molecule has 1 N–H and O–H groups in total. The Bertz CT molecular complexity index is 945. The zero-order chi connectivity index (χ0) is 19.1. The number of aromatic nitrogens is 4. The van der Waals surface area contributed by atoms with Crippen LogP contribution in [-0.2, 0) is 18.7 Å². The fraction of sp³-hybridized carbons (Fsp3) is 0.450. The molecule has 3 aromatic rings. The molecule has 0 spiro atoms. The van der Waals surface area contributed by atoms with Crippen LogP contribution in [0.3, 0.4) is 0 Å². The number of fused-ring (bicyclic) bond motifs is 2. The smallest absolute Gasteiger partial charge is 0.165 e. The lowest BCUT2D eigenvalue weighted by atomic mass is 9.80. The Morgan fingerprint density at radius 2 is 1.89 bits per heavy atom. The van der Waals surface area contributed by atoms with E-state index in [1.807, 2.05) is 16.1 Å². The molecule has 0 amide bonds. The second kappa shape index (κ2) is 7.02. The second-order valence-corrected chi connectivity index (χ2v) is 8.84. The first kappa shape index (κ1) is 17.9. The van der Waals surface area contributed by atoms with E-state index in [0.29, 0.717) is 31.5 Å². The quantitative estimate of drug-likeness (QED) is 0.715. The molecule has 2 bridgehead atoms. The molecule has 2 fully saturated rings. The van der Waals surface area contributed by atoms with Crippen LogP contribution in [0, 0.1) is 5.82 Å². The van der Waals surface area contributed by atoms with Crippen molar-refractivity contribution in [3.8, 4) is 0 Å². The molecule has 0 aliphatic carbocycles. The predicted molar refractivity (Wildman–Crippen MR) is 103 cm³/mol. The monoisotopic (exact) mass is 399 g/mol. The number of aliphatic hydroxyl groups is 1. The number of thiophene rings is 1. The lowest BCUT2D eigenvalue weighted by molar-refractivity contribution is -0.0624. The first-order valence-corrected chi connectivity index (χ1v) is 10.5. The van der Waals surface area contributed by atoms with Crippen molar-refractivity contribution >= 4 is 11.3 Å². The Labute approximate surface area is 166 Å². The van der Waals surface area contributed by atoms with Crippen molar-refractivity contribution in [1.29, 1.82) is 0 Å². The number of rotatable bonds is 5. The third-order valence-corrected chi connectivity index (χ3v) is 6.97. The van der Waals surface area contributed by atoms with E-state index in [-0.39, 0.29) is 17.9 Å². The Morgan fingerprint density at radius 1 is 1.11 bits per heavy atom. The van der Waals surface area contributed by atoms with Crippen molar-refractivity contribution in [2.45, 2.75) is 56.5 Å². The van der Waals surface area contributed by atoms with Gasteiger partial charge in [-0.1, -0.05) is 24.3 Å². The molecule has 146 valence electrons. The number of hydrogen-bond acceptors (Lipinski definition) is 6. The first-order valence-electron chi connectivity index (χ1n) is 9.63. The maximum absolute atomic E-state index is 14.3. The van der Waals surface area contributed by atoms with Crippen molar-refractivity contribution < 1.29 is 9.50 Å². The highest BCUT2D eigenvalue weighted by atomic mass is 32.1. The van der Waals surface area contributed by atoms with Crippen LogP contribution in [0.25, 0.3) is 0 Å². The van der Waals surface area contributed by atoms with E-state index in [1.54, 1.807) is 29.5 Å². The Kier molecular flexibility index (Phi) is 4.49. The molecule has 28 heavy (non-hydrogen) atoms. The highest BCUT2D eigenvalue weighted by Gasteiger charge is 2.49. The topological polar surface area (TPSA) is 67.1 Å². The number of tetrazole rings is 1. The van der Waals surface area contributed by atoms with Crippen LogP contribution in [0.5, 0.6) is 0 Å². The SMILES string of the molecule is OC1(c2ccccc2F)C[C@H]2CC[C@@H](C1)N2Cc1nnnn1Cc1cccs1. The van der Waals surface area contributed by atoms with Crippen LogP contribution >= 0.6 is 11.3 Å². The van der Waals surface area contributed by atoms with Gasteiger partial charge in [-0.2, -0.15) is 0 Å². The Hall–Kier alpha value is -2.16. The second-order valence-electron chi connectivity index (χ2n) is 7.81. The molecule has 1 unspecified atom stereocenters. The zero-order valence-electron chi connectivity index (χ0n) is 15.4. The van der Waals surface area contributed by atoms with Crippen molar-refractivity contribution in [2.24, 2.45) is 0 Å². The molecule has 0 saturated carbocycles. The summed E-state index contributed by atoms with van der Waals surface area (Å²) < 4.78 is 16.2. The lowest BCUT2D eigenvalue weighted by Gasteiger charge is -2.43. The molecule has 0 radical (unpaired) electrons. The van der Waals surface area contributed by atoms with Crippen molar-refractivity contribution in [3.05, 3.63) is 63.9 Å². The van der Waals surface area contributed by atoms with Gasteiger partial charge < -0.3 is 5.11 Å². The summed E-state index contributed by atoms with van der Waals surface area (Å²) in [6, 6.07) is 11.1. The molecule has 5 rings (SSSR count). The van der Waals surface area contributed by atoms with Gasteiger partial charge in [0.25, 0.3) is 0 Å². The van der Waals surface area contributed by atoms with Crippen molar-refractivity contribution in [2.75, 3.05) is 0 Å². The highest BCUT2D eigenvalue weighted by Crippen LogP contribution is 2.46. The standard InChI is InChI=1S/C20H22FN5OS/c21-18-6-2-1-5-17(18)20(27)10-14-7-8-15(11-20)25(14)13-19-22-23-24-26(19)12-16-4-3-9-28-16/h1-6,9,14-15,27H,7-8,10-13H2/t14-,15+,20?. The number of nitrogens with zero attached hydrogens (tertiary/aromatic N) is 5. The molecule has 1 aromatic carbocycles. The van der Waals surface area contributed by atoms with E-state index in [4.69, 9.17) is 0 Å². The van der Waals surface area contributed by atoms with Crippen LogP contribution < -0.4 is 0 Å². The van der Waals surface area contributed by atoms with Crippen molar-refractivity contribution in [3.63, 3.8) is 0 Å². The summed E-state index contributed by atoms with van der Waals surface area (Å²) in [6.07, 6.45) is 3.09.